The summed E-state index contributed by atoms with van der Waals surface area (Å²) in [5, 5.41) is 3.98. The Morgan fingerprint density at radius 2 is 1.83 bits per heavy atom. The molecule has 124 valence electrons. The number of ether oxygens (including phenoxy) is 1. The number of halogens is 1. The standard InChI is InChI=1S/C20H20ClNO2/c1-24-13-8-6-12(7-9-13)15-10-17(15)20(23)22-19-11-16(19)14-4-2-3-5-18(14)21/h2-9,15-17,19H,10-11H2,1H3,(H,22,23). The number of methoxy groups -OCH3 is 1. The predicted octanol–water partition coefficient (Wildman–Crippen LogP) is 4.12. The zero-order chi connectivity index (χ0) is 16.7. The van der Waals surface area contributed by atoms with E-state index in [1.54, 1.807) is 7.11 Å². The van der Waals surface area contributed by atoms with Crippen LogP contribution in [-0.2, 0) is 4.79 Å². The third-order valence-electron chi connectivity index (χ3n) is 5.09. The van der Waals surface area contributed by atoms with Crippen LogP contribution in [-0.4, -0.2) is 19.1 Å². The van der Waals surface area contributed by atoms with E-state index in [2.05, 4.69) is 23.5 Å². The fourth-order valence-electron chi connectivity index (χ4n) is 3.47. The monoisotopic (exact) mass is 341 g/mol. The van der Waals surface area contributed by atoms with Gasteiger partial charge in [0.15, 0.2) is 0 Å². The van der Waals surface area contributed by atoms with E-state index in [1.165, 1.54) is 5.56 Å². The van der Waals surface area contributed by atoms with Crippen LogP contribution in [0.3, 0.4) is 0 Å². The van der Waals surface area contributed by atoms with Gasteiger partial charge >= 0.3 is 0 Å². The smallest absolute Gasteiger partial charge is 0.223 e. The Balaban J connectivity index is 1.33. The van der Waals surface area contributed by atoms with Gasteiger partial charge in [-0.25, -0.2) is 0 Å². The van der Waals surface area contributed by atoms with Crippen LogP contribution in [0.1, 0.15) is 35.8 Å². The van der Waals surface area contributed by atoms with Crippen molar-refractivity contribution < 1.29 is 9.53 Å². The van der Waals surface area contributed by atoms with Crippen molar-refractivity contribution in [2.24, 2.45) is 5.92 Å². The summed E-state index contributed by atoms with van der Waals surface area (Å²) in [6.07, 6.45) is 1.91. The Morgan fingerprint density at radius 1 is 1.08 bits per heavy atom. The molecule has 2 aromatic rings. The zero-order valence-electron chi connectivity index (χ0n) is 13.5. The number of hydrogen-bond donors (Lipinski definition) is 1. The fraction of sp³-hybridized carbons (Fsp3) is 0.350. The van der Waals surface area contributed by atoms with Gasteiger partial charge in [0.1, 0.15) is 5.75 Å². The summed E-state index contributed by atoms with van der Waals surface area (Å²) >= 11 is 6.24. The SMILES string of the molecule is COc1ccc(C2CC2C(=O)NC2CC2c2ccccc2Cl)cc1. The second-order valence-electron chi connectivity index (χ2n) is 6.70. The van der Waals surface area contributed by atoms with E-state index in [1.807, 2.05) is 30.3 Å². The highest BCUT2D eigenvalue weighted by atomic mass is 35.5. The molecule has 2 saturated carbocycles. The van der Waals surface area contributed by atoms with Gasteiger partial charge in [-0.15, -0.1) is 0 Å². The number of rotatable bonds is 5. The molecule has 2 aliphatic rings. The van der Waals surface area contributed by atoms with E-state index < -0.39 is 0 Å². The molecule has 0 spiro atoms. The summed E-state index contributed by atoms with van der Waals surface area (Å²) < 4.78 is 5.18. The van der Waals surface area contributed by atoms with E-state index in [-0.39, 0.29) is 17.9 Å². The molecular formula is C20H20ClNO2. The molecule has 1 amide bonds. The summed E-state index contributed by atoms with van der Waals surface area (Å²) in [4.78, 5) is 12.5. The van der Waals surface area contributed by atoms with Gasteiger partial charge in [0.05, 0.1) is 7.11 Å². The molecule has 3 nitrogen and oxygen atoms in total. The number of amides is 1. The molecule has 0 radical (unpaired) electrons. The lowest BCUT2D eigenvalue weighted by molar-refractivity contribution is -0.122. The highest BCUT2D eigenvalue weighted by molar-refractivity contribution is 6.31. The van der Waals surface area contributed by atoms with Crippen molar-refractivity contribution in [3.8, 4) is 5.75 Å². The van der Waals surface area contributed by atoms with Crippen LogP contribution < -0.4 is 10.1 Å². The van der Waals surface area contributed by atoms with Crippen LogP contribution in [0.5, 0.6) is 5.75 Å². The second kappa shape index (κ2) is 6.14. The van der Waals surface area contributed by atoms with Crippen LogP contribution in [0.4, 0.5) is 0 Å². The van der Waals surface area contributed by atoms with E-state index >= 15 is 0 Å². The lowest BCUT2D eigenvalue weighted by Crippen LogP contribution is -2.28. The molecule has 4 atom stereocenters. The van der Waals surface area contributed by atoms with Gasteiger partial charge < -0.3 is 10.1 Å². The Labute approximate surface area is 147 Å². The van der Waals surface area contributed by atoms with Gasteiger partial charge in [-0.05, 0) is 48.1 Å². The average molecular weight is 342 g/mol. The zero-order valence-corrected chi connectivity index (χ0v) is 14.3. The lowest BCUT2D eigenvalue weighted by Gasteiger charge is -2.06. The highest BCUT2D eigenvalue weighted by Gasteiger charge is 2.47. The third-order valence-corrected chi connectivity index (χ3v) is 5.44. The predicted molar refractivity (Wildman–Crippen MR) is 94.6 cm³/mol. The molecule has 0 aromatic heterocycles. The lowest BCUT2D eigenvalue weighted by atomic mass is 10.1. The van der Waals surface area contributed by atoms with E-state index in [9.17, 15) is 4.79 Å². The molecule has 4 unspecified atom stereocenters. The summed E-state index contributed by atoms with van der Waals surface area (Å²) in [6, 6.07) is 16.2. The summed E-state index contributed by atoms with van der Waals surface area (Å²) in [5.74, 6) is 1.83. The summed E-state index contributed by atoms with van der Waals surface area (Å²) in [7, 11) is 1.66. The maximum Gasteiger partial charge on any atom is 0.223 e. The van der Waals surface area contributed by atoms with E-state index in [0.29, 0.717) is 11.8 Å². The first kappa shape index (κ1) is 15.5. The molecular weight excluding hydrogens is 322 g/mol. The molecule has 2 aliphatic carbocycles. The van der Waals surface area contributed by atoms with Crippen molar-refractivity contribution in [1.29, 1.82) is 0 Å². The minimum Gasteiger partial charge on any atom is -0.497 e. The van der Waals surface area contributed by atoms with Crippen LogP contribution >= 0.6 is 11.6 Å². The molecule has 4 rings (SSSR count). The second-order valence-corrected chi connectivity index (χ2v) is 7.11. The molecule has 2 fully saturated rings. The van der Waals surface area contributed by atoms with E-state index in [0.717, 1.165) is 29.2 Å². The van der Waals surface area contributed by atoms with Gasteiger partial charge in [0, 0.05) is 22.9 Å². The average Bonchev–Trinajstić information content (AvgIpc) is 3.50. The van der Waals surface area contributed by atoms with Crippen molar-refractivity contribution in [3.63, 3.8) is 0 Å². The quantitative estimate of drug-likeness (QED) is 0.888. The van der Waals surface area contributed by atoms with Crippen molar-refractivity contribution in [2.75, 3.05) is 7.11 Å². The molecule has 0 heterocycles. The number of hydrogen-bond acceptors (Lipinski definition) is 2. The van der Waals surface area contributed by atoms with Crippen molar-refractivity contribution >= 4 is 17.5 Å². The van der Waals surface area contributed by atoms with Crippen LogP contribution in [0.15, 0.2) is 48.5 Å². The van der Waals surface area contributed by atoms with Crippen LogP contribution in [0, 0.1) is 5.92 Å². The molecule has 1 N–H and O–H groups in total. The van der Waals surface area contributed by atoms with Crippen molar-refractivity contribution in [2.45, 2.75) is 30.7 Å². The van der Waals surface area contributed by atoms with Crippen molar-refractivity contribution in [3.05, 3.63) is 64.7 Å². The van der Waals surface area contributed by atoms with Gasteiger partial charge in [-0.2, -0.15) is 0 Å². The first-order chi connectivity index (χ1) is 11.7. The molecule has 2 aromatic carbocycles. The first-order valence-corrected chi connectivity index (χ1v) is 8.74. The van der Waals surface area contributed by atoms with Crippen LogP contribution in [0.2, 0.25) is 5.02 Å². The minimum absolute atomic E-state index is 0.103. The minimum atomic E-state index is 0.103. The molecule has 24 heavy (non-hydrogen) atoms. The Morgan fingerprint density at radius 3 is 2.54 bits per heavy atom. The van der Waals surface area contributed by atoms with E-state index in [4.69, 9.17) is 16.3 Å². The van der Waals surface area contributed by atoms with Gasteiger partial charge in [0.25, 0.3) is 0 Å². The Hall–Kier alpha value is -2.00. The molecule has 0 aliphatic heterocycles. The van der Waals surface area contributed by atoms with Gasteiger partial charge in [-0.1, -0.05) is 41.9 Å². The molecule has 0 saturated heterocycles. The van der Waals surface area contributed by atoms with Gasteiger partial charge in [0.2, 0.25) is 5.91 Å². The topological polar surface area (TPSA) is 38.3 Å². The largest absolute Gasteiger partial charge is 0.497 e. The summed E-state index contributed by atoms with van der Waals surface area (Å²) in [5.41, 5.74) is 2.36. The van der Waals surface area contributed by atoms with Crippen LogP contribution in [0.25, 0.3) is 0 Å². The fourth-order valence-corrected chi connectivity index (χ4v) is 3.74. The maximum atomic E-state index is 12.5. The number of carbonyl (C=O) groups excluding carboxylic acids is 1. The van der Waals surface area contributed by atoms with Gasteiger partial charge in [-0.3, -0.25) is 4.79 Å². The maximum absolute atomic E-state index is 12.5. The number of carbonyl (C=O) groups is 1. The summed E-state index contributed by atoms with van der Waals surface area (Å²) in [6.45, 7) is 0. The Bertz CT molecular complexity index is 758. The molecule has 4 heteroatoms. The number of nitrogens with one attached hydrogen (secondary N) is 1. The van der Waals surface area contributed by atoms with Crippen molar-refractivity contribution in [1.82, 2.24) is 5.32 Å². The third kappa shape index (κ3) is 3.01. The Kier molecular flexibility index (Phi) is 3.97. The normalized spacial score (nSPS) is 27.4. The number of benzene rings is 2. The highest BCUT2D eigenvalue weighted by Crippen LogP contribution is 2.49. The first-order valence-electron chi connectivity index (χ1n) is 8.36. The molecule has 0 bridgehead atoms.